The number of para-hydroxylation sites is 1. The Hall–Kier alpha value is -2.44. The van der Waals surface area contributed by atoms with Crippen molar-refractivity contribution < 1.29 is 13.7 Å². The summed E-state index contributed by atoms with van der Waals surface area (Å²) < 4.78 is 18.4. The third kappa shape index (κ3) is 2.87. The highest BCUT2D eigenvalue weighted by molar-refractivity contribution is 6.07. The summed E-state index contributed by atoms with van der Waals surface area (Å²) in [6, 6.07) is 4.24. The minimum Gasteiger partial charge on any atom is -0.382 e. The Bertz CT molecular complexity index is 597. The topological polar surface area (TPSA) is 80.0 Å². The van der Waals surface area contributed by atoms with Gasteiger partial charge in [-0.3, -0.25) is 10.1 Å². The van der Waals surface area contributed by atoms with Crippen LogP contribution in [0, 0.1) is 12.7 Å². The van der Waals surface area contributed by atoms with Crippen molar-refractivity contribution in [2.45, 2.75) is 13.8 Å². The lowest BCUT2D eigenvalue weighted by atomic mass is 10.1. The van der Waals surface area contributed by atoms with Gasteiger partial charge in [-0.15, -0.1) is 0 Å². The van der Waals surface area contributed by atoms with Crippen molar-refractivity contribution in [1.82, 2.24) is 10.1 Å². The molecule has 0 saturated carbocycles. The summed E-state index contributed by atoms with van der Waals surface area (Å²) >= 11 is 0. The van der Waals surface area contributed by atoms with Crippen LogP contribution >= 0.6 is 0 Å². The largest absolute Gasteiger partial charge is 0.382 e. The van der Waals surface area contributed by atoms with Gasteiger partial charge in [0.2, 0.25) is 0 Å². The molecular formula is C12H13FN4O2. The summed E-state index contributed by atoms with van der Waals surface area (Å²) in [7, 11) is 0. The number of nitrogens with zero attached hydrogens (tertiary/aromatic N) is 2. The first-order chi connectivity index (χ1) is 9.11. The lowest BCUT2D eigenvalue weighted by Gasteiger charge is -2.10. The van der Waals surface area contributed by atoms with Crippen molar-refractivity contribution in [1.29, 1.82) is 0 Å². The molecule has 0 aliphatic carbocycles. The number of aromatic nitrogens is 2. The van der Waals surface area contributed by atoms with E-state index in [0.717, 1.165) is 0 Å². The molecule has 0 aliphatic rings. The summed E-state index contributed by atoms with van der Waals surface area (Å²) in [5.74, 6) is -0.600. The van der Waals surface area contributed by atoms with Crippen molar-refractivity contribution in [2.24, 2.45) is 0 Å². The van der Waals surface area contributed by atoms with E-state index in [0.29, 0.717) is 12.4 Å². The quantitative estimate of drug-likeness (QED) is 0.884. The lowest BCUT2D eigenvalue weighted by molar-refractivity contribution is 0.102. The van der Waals surface area contributed by atoms with Gasteiger partial charge >= 0.3 is 6.01 Å². The molecule has 0 spiro atoms. The average Bonchev–Trinajstić information content (AvgIpc) is 2.77. The third-order valence-electron chi connectivity index (χ3n) is 2.36. The number of aryl methyl sites for hydroxylation is 1. The van der Waals surface area contributed by atoms with Gasteiger partial charge in [0.15, 0.2) is 5.82 Å². The lowest BCUT2D eigenvalue weighted by Crippen LogP contribution is -2.16. The zero-order chi connectivity index (χ0) is 13.8. The number of hydrogen-bond donors (Lipinski definition) is 2. The van der Waals surface area contributed by atoms with Crippen LogP contribution in [0.2, 0.25) is 0 Å². The van der Waals surface area contributed by atoms with Crippen LogP contribution < -0.4 is 10.6 Å². The molecule has 6 nitrogen and oxygen atoms in total. The summed E-state index contributed by atoms with van der Waals surface area (Å²) in [5, 5.41) is 8.78. The van der Waals surface area contributed by atoms with Gasteiger partial charge in [-0.05, 0) is 26.0 Å². The van der Waals surface area contributed by atoms with Crippen molar-refractivity contribution in [3.63, 3.8) is 0 Å². The van der Waals surface area contributed by atoms with E-state index in [4.69, 9.17) is 4.52 Å². The number of carbonyl (C=O) groups is 1. The van der Waals surface area contributed by atoms with Gasteiger partial charge in [-0.25, -0.2) is 4.39 Å². The molecule has 0 bridgehead atoms. The van der Waals surface area contributed by atoms with Crippen LogP contribution in [-0.4, -0.2) is 22.6 Å². The van der Waals surface area contributed by atoms with Gasteiger partial charge in [-0.1, -0.05) is 11.2 Å². The highest BCUT2D eigenvalue weighted by atomic mass is 19.1. The monoisotopic (exact) mass is 264 g/mol. The Kier molecular flexibility index (Phi) is 3.74. The molecule has 0 atom stereocenters. The molecule has 1 heterocycles. The van der Waals surface area contributed by atoms with E-state index < -0.39 is 11.7 Å². The summed E-state index contributed by atoms with van der Waals surface area (Å²) in [4.78, 5) is 15.9. The van der Waals surface area contributed by atoms with Gasteiger partial charge in [0.25, 0.3) is 5.91 Å². The molecule has 1 amide bonds. The fourth-order valence-electron chi connectivity index (χ4n) is 1.58. The maximum atomic E-state index is 13.6. The van der Waals surface area contributed by atoms with Crippen LogP contribution in [0.25, 0.3) is 0 Å². The summed E-state index contributed by atoms with van der Waals surface area (Å²) in [5.41, 5.74) is 0.330. The molecule has 1 aromatic heterocycles. The number of anilines is 2. The van der Waals surface area contributed by atoms with Gasteiger partial charge in [-0.2, -0.15) is 4.98 Å². The predicted molar refractivity (Wildman–Crippen MR) is 67.6 cm³/mol. The van der Waals surface area contributed by atoms with E-state index in [9.17, 15) is 9.18 Å². The van der Waals surface area contributed by atoms with Crippen LogP contribution in [0.5, 0.6) is 0 Å². The van der Waals surface area contributed by atoms with Gasteiger partial charge in [0, 0.05) is 6.54 Å². The molecule has 0 aliphatic heterocycles. The molecule has 0 fully saturated rings. The van der Waals surface area contributed by atoms with E-state index in [-0.39, 0.29) is 17.3 Å². The van der Waals surface area contributed by atoms with Crippen molar-refractivity contribution in [2.75, 3.05) is 17.2 Å². The molecule has 0 radical (unpaired) electrons. The molecule has 2 aromatic rings. The first-order valence-electron chi connectivity index (χ1n) is 5.76. The highest BCUT2D eigenvalue weighted by Crippen LogP contribution is 2.20. The second kappa shape index (κ2) is 5.47. The third-order valence-corrected chi connectivity index (χ3v) is 2.36. The highest BCUT2D eigenvalue weighted by Gasteiger charge is 2.16. The number of amides is 1. The van der Waals surface area contributed by atoms with Crippen molar-refractivity contribution >= 4 is 17.6 Å². The first-order valence-corrected chi connectivity index (χ1v) is 5.76. The molecule has 100 valence electrons. The number of halogens is 1. The predicted octanol–water partition coefficient (Wildman–Crippen LogP) is 2.20. The number of rotatable bonds is 4. The number of hydrogen-bond acceptors (Lipinski definition) is 5. The fourth-order valence-corrected chi connectivity index (χ4v) is 1.58. The second-order valence-electron chi connectivity index (χ2n) is 3.79. The molecule has 7 heteroatoms. The van der Waals surface area contributed by atoms with Gasteiger partial charge in [0.05, 0.1) is 11.3 Å². The Morgan fingerprint density at radius 2 is 2.26 bits per heavy atom. The van der Waals surface area contributed by atoms with E-state index in [1.165, 1.54) is 18.2 Å². The van der Waals surface area contributed by atoms with Gasteiger partial charge < -0.3 is 9.84 Å². The molecular weight excluding hydrogens is 251 g/mol. The standard InChI is InChI=1S/C12H13FN4O2/c1-3-14-10-8(5-4-6-9(10)13)11(18)16-12-15-7(2)17-19-12/h4-6,14H,3H2,1-2H3,(H,15,16,17,18). The maximum absolute atomic E-state index is 13.6. The zero-order valence-electron chi connectivity index (χ0n) is 10.5. The number of nitrogens with one attached hydrogen (secondary N) is 2. The number of benzene rings is 1. The van der Waals surface area contributed by atoms with Crippen molar-refractivity contribution in [3.8, 4) is 0 Å². The van der Waals surface area contributed by atoms with Crippen LogP contribution in [0.3, 0.4) is 0 Å². The normalized spacial score (nSPS) is 10.3. The maximum Gasteiger partial charge on any atom is 0.328 e. The van der Waals surface area contributed by atoms with Crippen LogP contribution in [0.15, 0.2) is 22.7 Å². The summed E-state index contributed by atoms with van der Waals surface area (Å²) in [6.45, 7) is 3.95. The minimum atomic E-state index is -0.515. The molecule has 19 heavy (non-hydrogen) atoms. The number of carbonyl (C=O) groups excluding carboxylic acids is 1. The molecule has 2 N–H and O–H groups in total. The second-order valence-corrected chi connectivity index (χ2v) is 3.79. The molecule has 1 aromatic carbocycles. The molecule has 0 unspecified atom stereocenters. The van der Waals surface area contributed by atoms with Crippen molar-refractivity contribution in [3.05, 3.63) is 35.4 Å². The van der Waals surface area contributed by atoms with E-state index in [1.54, 1.807) is 6.92 Å². The zero-order valence-corrected chi connectivity index (χ0v) is 10.5. The van der Waals surface area contributed by atoms with E-state index in [1.807, 2.05) is 6.92 Å². The fraction of sp³-hybridized carbons (Fsp3) is 0.250. The SMILES string of the molecule is CCNc1c(F)cccc1C(=O)Nc1nc(C)no1. The van der Waals surface area contributed by atoms with E-state index >= 15 is 0 Å². The first kappa shape index (κ1) is 13.0. The Labute approximate surface area is 109 Å². The Balaban J connectivity index is 2.25. The van der Waals surface area contributed by atoms with Gasteiger partial charge in [0.1, 0.15) is 5.82 Å². The molecule has 0 saturated heterocycles. The minimum absolute atomic E-state index is 0.0193. The van der Waals surface area contributed by atoms with Crippen LogP contribution in [-0.2, 0) is 0 Å². The Morgan fingerprint density at radius 1 is 1.47 bits per heavy atom. The summed E-state index contributed by atoms with van der Waals surface area (Å²) in [6.07, 6.45) is 0. The van der Waals surface area contributed by atoms with E-state index in [2.05, 4.69) is 20.8 Å². The smallest absolute Gasteiger partial charge is 0.328 e. The average molecular weight is 264 g/mol. The van der Waals surface area contributed by atoms with Crippen LogP contribution in [0.4, 0.5) is 16.1 Å². The van der Waals surface area contributed by atoms with Crippen LogP contribution in [0.1, 0.15) is 23.1 Å². The molecule has 2 rings (SSSR count). The Morgan fingerprint density at radius 3 is 2.89 bits per heavy atom.